The van der Waals surface area contributed by atoms with Gasteiger partial charge in [0.2, 0.25) is 0 Å². The third kappa shape index (κ3) is 1.97. The summed E-state index contributed by atoms with van der Waals surface area (Å²) < 4.78 is 1.62. The fourth-order valence-electron chi connectivity index (χ4n) is 0.648. The second-order valence-electron chi connectivity index (χ2n) is 1.93. The zero-order valence-corrected chi connectivity index (χ0v) is 9.18. The smallest absolute Gasteiger partial charge is 0.131 e. The second-order valence-corrected chi connectivity index (χ2v) is 3.94. The van der Waals surface area contributed by atoms with Crippen molar-refractivity contribution in [2.24, 2.45) is 5.84 Å². The van der Waals surface area contributed by atoms with Crippen LogP contribution >= 0.6 is 38.5 Å². The lowest BCUT2D eigenvalue weighted by Gasteiger charge is -2.04. The van der Waals surface area contributed by atoms with E-state index in [0.29, 0.717) is 10.2 Å². The molecular formula is C6H6BrIN2O. The Hall–Kier alpha value is -0.0100. The number of hydrogen-bond acceptors (Lipinski definition) is 3. The Kier molecular flexibility index (Phi) is 2.97. The van der Waals surface area contributed by atoms with Crippen LogP contribution in [-0.4, -0.2) is 5.11 Å². The van der Waals surface area contributed by atoms with Gasteiger partial charge in [-0.1, -0.05) is 0 Å². The number of rotatable bonds is 1. The molecule has 0 fully saturated rings. The molecule has 0 heterocycles. The van der Waals surface area contributed by atoms with Crippen LogP contribution in [0.2, 0.25) is 0 Å². The van der Waals surface area contributed by atoms with E-state index in [1.165, 1.54) is 0 Å². The second kappa shape index (κ2) is 3.59. The number of halogens is 2. The molecule has 0 atom stereocenters. The number of phenolic OH excluding ortho intramolecular Hbond substituents is 1. The number of anilines is 1. The minimum Gasteiger partial charge on any atom is -0.507 e. The molecule has 0 aromatic heterocycles. The largest absolute Gasteiger partial charge is 0.507 e. The SMILES string of the molecule is NNc1cc(O)c(Br)cc1I. The van der Waals surface area contributed by atoms with Gasteiger partial charge in [0.05, 0.1) is 10.2 Å². The normalized spacial score (nSPS) is 9.73. The number of hydrazine groups is 1. The average Bonchev–Trinajstić information content (AvgIpc) is 1.97. The van der Waals surface area contributed by atoms with Gasteiger partial charge in [-0.25, -0.2) is 0 Å². The lowest BCUT2D eigenvalue weighted by atomic mass is 10.3. The average molecular weight is 329 g/mol. The van der Waals surface area contributed by atoms with Crippen molar-refractivity contribution in [3.8, 4) is 5.75 Å². The predicted octanol–water partition coefficient (Wildman–Crippen LogP) is 2.04. The summed E-state index contributed by atoms with van der Waals surface area (Å²) in [5, 5.41) is 9.21. The summed E-state index contributed by atoms with van der Waals surface area (Å²) in [5.41, 5.74) is 3.19. The third-order valence-electron chi connectivity index (χ3n) is 1.19. The molecule has 1 aromatic rings. The number of nitrogens with one attached hydrogen (secondary N) is 1. The molecule has 0 spiro atoms. The molecule has 4 N–H and O–H groups in total. The van der Waals surface area contributed by atoms with Crippen molar-refractivity contribution in [2.45, 2.75) is 0 Å². The topological polar surface area (TPSA) is 58.3 Å². The Morgan fingerprint density at radius 1 is 1.55 bits per heavy atom. The van der Waals surface area contributed by atoms with Gasteiger partial charge >= 0.3 is 0 Å². The van der Waals surface area contributed by atoms with Gasteiger partial charge in [0, 0.05) is 9.64 Å². The first-order valence-corrected chi connectivity index (χ1v) is 4.67. The van der Waals surface area contributed by atoms with E-state index in [0.717, 1.165) is 3.57 Å². The molecule has 11 heavy (non-hydrogen) atoms. The number of nitrogens with two attached hydrogens (primary N) is 1. The maximum atomic E-state index is 9.21. The highest BCUT2D eigenvalue weighted by molar-refractivity contribution is 14.1. The van der Waals surface area contributed by atoms with Crippen molar-refractivity contribution in [3.05, 3.63) is 20.2 Å². The van der Waals surface area contributed by atoms with E-state index >= 15 is 0 Å². The van der Waals surface area contributed by atoms with E-state index in [9.17, 15) is 5.11 Å². The quantitative estimate of drug-likeness (QED) is 0.420. The first-order chi connectivity index (χ1) is 5.15. The summed E-state index contributed by atoms with van der Waals surface area (Å²) in [6.45, 7) is 0. The molecule has 0 saturated carbocycles. The van der Waals surface area contributed by atoms with Gasteiger partial charge in [-0.3, -0.25) is 5.84 Å². The van der Waals surface area contributed by atoms with Crippen LogP contribution in [0.25, 0.3) is 0 Å². The Balaban J connectivity index is 3.21. The monoisotopic (exact) mass is 328 g/mol. The molecule has 0 saturated heterocycles. The van der Waals surface area contributed by atoms with Gasteiger partial charge in [-0.15, -0.1) is 0 Å². The van der Waals surface area contributed by atoms with Crippen LogP contribution in [0.4, 0.5) is 5.69 Å². The standard InChI is InChI=1S/C6H6BrIN2O/c7-3-1-4(8)5(10-9)2-6(3)11/h1-2,10-11H,9H2. The number of benzene rings is 1. The highest BCUT2D eigenvalue weighted by atomic mass is 127. The lowest BCUT2D eigenvalue weighted by molar-refractivity contribution is 0.472. The van der Waals surface area contributed by atoms with Crippen molar-refractivity contribution >= 4 is 44.2 Å². The first kappa shape index (κ1) is 9.08. The zero-order chi connectivity index (χ0) is 8.43. The minimum atomic E-state index is 0.179. The maximum Gasteiger partial charge on any atom is 0.131 e. The van der Waals surface area contributed by atoms with Crippen molar-refractivity contribution in [3.63, 3.8) is 0 Å². The highest BCUT2D eigenvalue weighted by Gasteiger charge is 2.03. The molecule has 0 amide bonds. The van der Waals surface area contributed by atoms with Crippen LogP contribution in [0.15, 0.2) is 16.6 Å². The van der Waals surface area contributed by atoms with E-state index in [1.54, 1.807) is 12.1 Å². The summed E-state index contributed by atoms with van der Waals surface area (Å²) in [4.78, 5) is 0. The number of hydrogen-bond donors (Lipinski definition) is 3. The Labute approximate surface area is 86.2 Å². The molecule has 0 bridgehead atoms. The molecule has 60 valence electrons. The lowest BCUT2D eigenvalue weighted by Crippen LogP contribution is -2.07. The summed E-state index contributed by atoms with van der Waals surface area (Å²) in [6, 6.07) is 3.34. The fraction of sp³-hybridized carbons (Fsp3) is 0. The summed E-state index contributed by atoms with van der Waals surface area (Å²) in [7, 11) is 0. The number of nitrogen functional groups attached to an aromatic ring is 1. The summed E-state index contributed by atoms with van der Waals surface area (Å²) >= 11 is 5.31. The summed E-state index contributed by atoms with van der Waals surface area (Å²) in [6.07, 6.45) is 0. The van der Waals surface area contributed by atoms with E-state index in [4.69, 9.17) is 5.84 Å². The van der Waals surface area contributed by atoms with Crippen molar-refractivity contribution < 1.29 is 5.11 Å². The molecule has 0 aliphatic heterocycles. The molecule has 0 radical (unpaired) electrons. The van der Waals surface area contributed by atoms with E-state index in [1.807, 2.05) is 0 Å². The van der Waals surface area contributed by atoms with Crippen LogP contribution in [-0.2, 0) is 0 Å². The van der Waals surface area contributed by atoms with Crippen molar-refractivity contribution in [1.82, 2.24) is 0 Å². The number of phenols is 1. The highest BCUT2D eigenvalue weighted by Crippen LogP contribution is 2.30. The van der Waals surface area contributed by atoms with Crippen LogP contribution in [0.5, 0.6) is 5.75 Å². The molecule has 1 aromatic carbocycles. The van der Waals surface area contributed by atoms with Gasteiger partial charge in [0.25, 0.3) is 0 Å². The minimum absolute atomic E-state index is 0.179. The van der Waals surface area contributed by atoms with E-state index < -0.39 is 0 Å². The van der Waals surface area contributed by atoms with Crippen LogP contribution in [0.1, 0.15) is 0 Å². The van der Waals surface area contributed by atoms with Gasteiger partial charge in [0.1, 0.15) is 5.75 Å². The number of aromatic hydroxyl groups is 1. The first-order valence-electron chi connectivity index (χ1n) is 2.79. The Morgan fingerprint density at radius 2 is 2.18 bits per heavy atom. The molecule has 0 aliphatic carbocycles. The predicted molar refractivity (Wildman–Crippen MR) is 56.3 cm³/mol. The van der Waals surface area contributed by atoms with Gasteiger partial charge in [-0.05, 0) is 44.6 Å². The Bertz CT molecular complexity index is 280. The molecule has 1 rings (SSSR count). The van der Waals surface area contributed by atoms with Crippen LogP contribution in [0.3, 0.4) is 0 Å². The van der Waals surface area contributed by atoms with Crippen LogP contribution < -0.4 is 11.3 Å². The van der Waals surface area contributed by atoms with Gasteiger partial charge < -0.3 is 10.5 Å². The van der Waals surface area contributed by atoms with Crippen molar-refractivity contribution in [2.75, 3.05) is 5.43 Å². The molecule has 0 unspecified atom stereocenters. The molecule has 5 heteroatoms. The summed E-state index contributed by atoms with van der Waals surface area (Å²) in [5.74, 6) is 5.37. The third-order valence-corrected chi connectivity index (χ3v) is 2.72. The van der Waals surface area contributed by atoms with Crippen molar-refractivity contribution in [1.29, 1.82) is 0 Å². The Morgan fingerprint density at radius 3 is 2.73 bits per heavy atom. The molecule has 0 aliphatic rings. The van der Waals surface area contributed by atoms with Gasteiger partial charge in [-0.2, -0.15) is 0 Å². The maximum absolute atomic E-state index is 9.21. The molecule has 3 nitrogen and oxygen atoms in total. The van der Waals surface area contributed by atoms with E-state index in [2.05, 4.69) is 43.9 Å². The zero-order valence-electron chi connectivity index (χ0n) is 5.44. The van der Waals surface area contributed by atoms with Crippen LogP contribution in [0, 0.1) is 3.57 Å². The van der Waals surface area contributed by atoms with Gasteiger partial charge in [0.15, 0.2) is 0 Å². The molecular weight excluding hydrogens is 323 g/mol. The van der Waals surface area contributed by atoms with E-state index in [-0.39, 0.29) is 5.75 Å². The fourth-order valence-corrected chi connectivity index (χ4v) is 2.04.